The van der Waals surface area contributed by atoms with E-state index in [2.05, 4.69) is 10.1 Å². The number of carbonyl (C=O) groups excluding carboxylic acids is 3. The maximum absolute atomic E-state index is 12.5. The Morgan fingerprint density at radius 1 is 0.765 bits per heavy atom. The number of hydrogen-bond donors (Lipinski definition) is 1. The van der Waals surface area contributed by atoms with Crippen LogP contribution < -0.4 is 29.0 Å². The maximum Gasteiger partial charge on any atom is 0.311 e. The summed E-state index contributed by atoms with van der Waals surface area (Å²) in [6, 6.07) is 7.91. The molecule has 0 aromatic heterocycles. The second kappa shape index (κ2) is 12.7. The number of hydrogen-bond acceptors (Lipinski definition) is 9. The van der Waals surface area contributed by atoms with Gasteiger partial charge in [0.2, 0.25) is 5.91 Å². The molecule has 0 aliphatic heterocycles. The molecule has 0 atom stereocenters. The van der Waals surface area contributed by atoms with Crippen LogP contribution >= 0.6 is 0 Å². The average molecular weight is 473 g/mol. The number of amides is 1. The van der Waals surface area contributed by atoms with Gasteiger partial charge in [-0.25, -0.2) is 0 Å². The monoisotopic (exact) mass is 473 g/mol. The van der Waals surface area contributed by atoms with Crippen LogP contribution in [0.3, 0.4) is 0 Å². The van der Waals surface area contributed by atoms with E-state index in [-0.39, 0.29) is 24.3 Å². The average Bonchev–Trinajstić information content (AvgIpc) is 2.85. The number of anilines is 1. The predicted octanol–water partition coefficient (Wildman–Crippen LogP) is 3.23. The molecule has 2 rings (SSSR count). The minimum atomic E-state index is -0.647. The number of benzene rings is 2. The van der Waals surface area contributed by atoms with E-state index in [0.717, 1.165) is 0 Å². The molecule has 10 nitrogen and oxygen atoms in total. The molecule has 0 aliphatic carbocycles. The molecule has 0 spiro atoms. The van der Waals surface area contributed by atoms with Crippen molar-refractivity contribution in [1.29, 1.82) is 0 Å². The number of carbonyl (C=O) groups is 3. The first-order chi connectivity index (χ1) is 16.3. The summed E-state index contributed by atoms with van der Waals surface area (Å²) in [6.45, 7) is 0. The van der Waals surface area contributed by atoms with Crippen molar-refractivity contribution in [3.63, 3.8) is 0 Å². The van der Waals surface area contributed by atoms with Gasteiger partial charge in [-0.05, 0) is 18.2 Å². The molecule has 10 heteroatoms. The Kier molecular flexibility index (Phi) is 9.75. The van der Waals surface area contributed by atoms with Gasteiger partial charge in [-0.2, -0.15) is 0 Å². The lowest BCUT2D eigenvalue weighted by molar-refractivity contribution is -0.144. The normalized spacial score (nSPS) is 10.4. The van der Waals surface area contributed by atoms with Gasteiger partial charge in [-0.3, -0.25) is 14.4 Å². The minimum absolute atomic E-state index is 0.0950. The van der Waals surface area contributed by atoms with Crippen LogP contribution in [0.1, 0.15) is 18.4 Å². The molecule has 0 radical (unpaired) electrons. The summed E-state index contributed by atoms with van der Waals surface area (Å²) in [5.74, 6) is 0.227. The van der Waals surface area contributed by atoms with Gasteiger partial charge in [0.05, 0.1) is 54.0 Å². The highest BCUT2D eigenvalue weighted by Gasteiger charge is 2.15. The molecule has 0 aliphatic rings. The molecular weight excluding hydrogens is 446 g/mol. The van der Waals surface area contributed by atoms with Crippen LogP contribution in [-0.2, 0) is 19.1 Å². The Bertz CT molecular complexity index is 1040. The molecule has 0 saturated carbocycles. The predicted molar refractivity (Wildman–Crippen MR) is 124 cm³/mol. The lowest BCUT2D eigenvalue weighted by atomic mass is 10.1. The first kappa shape index (κ1) is 26.0. The molecule has 2 aromatic rings. The van der Waals surface area contributed by atoms with Gasteiger partial charge in [0.25, 0.3) is 0 Å². The van der Waals surface area contributed by atoms with Crippen LogP contribution in [0.4, 0.5) is 5.69 Å². The van der Waals surface area contributed by atoms with Crippen molar-refractivity contribution in [2.24, 2.45) is 0 Å². The van der Waals surface area contributed by atoms with Gasteiger partial charge in [0.15, 0.2) is 11.5 Å². The first-order valence-electron chi connectivity index (χ1n) is 10.1. The fourth-order valence-corrected chi connectivity index (χ4v) is 2.85. The number of esters is 2. The fourth-order valence-electron chi connectivity index (χ4n) is 2.85. The molecular formula is C24H27NO9. The SMILES string of the molecule is COC(=O)CCC(=O)Oc1cc(NC(=O)C=Cc2c(OC)cc(OC)cc2OC)ccc1OC. The highest BCUT2D eigenvalue weighted by molar-refractivity contribution is 6.02. The number of ether oxygens (including phenoxy) is 6. The van der Waals surface area contributed by atoms with E-state index >= 15 is 0 Å². The van der Waals surface area contributed by atoms with Gasteiger partial charge in [-0.15, -0.1) is 0 Å². The van der Waals surface area contributed by atoms with E-state index in [1.807, 2.05) is 0 Å². The number of methoxy groups -OCH3 is 5. The van der Waals surface area contributed by atoms with Crippen molar-refractivity contribution < 1.29 is 42.8 Å². The summed E-state index contributed by atoms with van der Waals surface area (Å²) < 4.78 is 30.9. The zero-order chi connectivity index (χ0) is 25.1. The van der Waals surface area contributed by atoms with Crippen LogP contribution in [-0.4, -0.2) is 53.4 Å². The standard InChI is InChI=1S/C24H27NO9/c1-29-16-13-19(31-3)17(20(14-16)32-4)7-9-22(26)25-15-6-8-18(30-2)21(12-15)34-24(28)11-10-23(27)33-5/h6-9,12-14H,10-11H2,1-5H3,(H,25,26). The smallest absolute Gasteiger partial charge is 0.311 e. The molecule has 0 saturated heterocycles. The highest BCUT2D eigenvalue weighted by atomic mass is 16.6. The van der Waals surface area contributed by atoms with Gasteiger partial charge < -0.3 is 33.7 Å². The Hall–Kier alpha value is -4.21. The Labute approximate surface area is 197 Å². The molecule has 2 aromatic carbocycles. The van der Waals surface area contributed by atoms with Crippen molar-refractivity contribution in [3.05, 3.63) is 42.0 Å². The third-order valence-electron chi connectivity index (χ3n) is 4.57. The van der Waals surface area contributed by atoms with Crippen LogP contribution in [0, 0.1) is 0 Å². The second-order valence-corrected chi connectivity index (χ2v) is 6.68. The summed E-state index contributed by atoms with van der Waals surface area (Å²) in [7, 11) is 7.17. The molecule has 0 unspecified atom stereocenters. The Morgan fingerprint density at radius 3 is 1.94 bits per heavy atom. The van der Waals surface area contributed by atoms with Crippen LogP contribution in [0.5, 0.6) is 28.7 Å². The lowest BCUT2D eigenvalue weighted by Gasteiger charge is -2.13. The molecule has 0 bridgehead atoms. The quantitative estimate of drug-likeness (QED) is 0.298. The van der Waals surface area contributed by atoms with E-state index in [9.17, 15) is 14.4 Å². The van der Waals surface area contributed by atoms with E-state index in [1.54, 1.807) is 24.3 Å². The van der Waals surface area contributed by atoms with Crippen molar-refractivity contribution in [1.82, 2.24) is 0 Å². The third-order valence-corrected chi connectivity index (χ3v) is 4.57. The number of nitrogens with one attached hydrogen (secondary N) is 1. The number of rotatable bonds is 11. The second-order valence-electron chi connectivity index (χ2n) is 6.68. The topological polar surface area (TPSA) is 119 Å². The molecule has 0 fully saturated rings. The molecule has 1 N–H and O–H groups in total. The van der Waals surface area contributed by atoms with Gasteiger partial charge in [0.1, 0.15) is 17.2 Å². The van der Waals surface area contributed by atoms with Gasteiger partial charge in [-0.1, -0.05) is 0 Å². The van der Waals surface area contributed by atoms with Gasteiger partial charge >= 0.3 is 11.9 Å². The van der Waals surface area contributed by atoms with E-state index < -0.39 is 17.8 Å². The minimum Gasteiger partial charge on any atom is -0.496 e. The summed E-state index contributed by atoms with van der Waals surface area (Å²) in [5, 5.41) is 2.68. The summed E-state index contributed by atoms with van der Waals surface area (Å²) in [6.07, 6.45) is 2.57. The van der Waals surface area contributed by atoms with Crippen molar-refractivity contribution in [3.8, 4) is 28.7 Å². The Balaban J connectivity index is 2.16. The van der Waals surface area contributed by atoms with E-state index in [1.165, 1.54) is 53.8 Å². The van der Waals surface area contributed by atoms with Crippen LogP contribution in [0.2, 0.25) is 0 Å². The first-order valence-corrected chi connectivity index (χ1v) is 10.1. The van der Waals surface area contributed by atoms with Crippen molar-refractivity contribution in [2.45, 2.75) is 12.8 Å². The summed E-state index contributed by atoms with van der Waals surface area (Å²) in [5.41, 5.74) is 0.913. The zero-order valence-electron chi connectivity index (χ0n) is 19.6. The maximum atomic E-state index is 12.5. The van der Waals surface area contributed by atoms with Crippen molar-refractivity contribution >= 4 is 29.6 Å². The van der Waals surface area contributed by atoms with Crippen LogP contribution in [0.15, 0.2) is 36.4 Å². The third kappa shape index (κ3) is 7.16. The molecule has 1 amide bonds. The molecule has 182 valence electrons. The largest absolute Gasteiger partial charge is 0.496 e. The van der Waals surface area contributed by atoms with Gasteiger partial charge in [0, 0.05) is 30.0 Å². The zero-order valence-corrected chi connectivity index (χ0v) is 19.6. The summed E-state index contributed by atoms with van der Waals surface area (Å²) in [4.78, 5) is 35.8. The molecule has 0 heterocycles. The van der Waals surface area contributed by atoms with Crippen molar-refractivity contribution in [2.75, 3.05) is 40.9 Å². The van der Waals surface area contributed by atoms with Crippen LogP contribution in [0.25, 0.3) is 6.08 Å². The highest BCUT2D eigenvalue weighted by Crippen LogP contribution is 2.35. The fraction of sp³-hybridized carbons (Fsp3) is 0.292. The van der Waals surface area contributed by atoms with E-state index in [0.29, 0.717) is 28.5 Å². The summed E-state index contributed by atoms with van der Waals surface area (Å²) >= 11 is 0. The molecule has 34 heavy (non-hydrogen) atoms. The lowest BCUT2D eigenvalue weighted by Crippen LogP contribution is -2.12. The van der Waals surface area contributed by atoms with E-state index in [4.69, 9.17) is 23.7 Å². The Morgan fingerprint density at radius 2 is 1.38 bits per heavy atom.